The summed E-state index contributed by atoms with van der Waals surface area (Å²) in [6.45, 7) is 0.975. The van der Waals surface area contributed by atoms with E-state index in [0.717, 1.165) is 11.3 Å². The smallest absolute Gasteiger partial charge is 0.337 e. The van der Waals surface area contributed by atoms with Crippen LogP contribution in [0, 0.1) is 0 Å². The molecule has 1 aliphatic rings. The van der Waals surface area contributed by atoms with Crippen LogP contribution in [0.25, 0.3) is 0 Å². The Bertz CT molecular complexity index is 751. The van der Waals surface area contributed by atoms with Crippen molar-refractivity contribution >= 4 is 17.8 Å². The van der Waals surface area contributed by atoms with E-state index in [1.807, 2.05) is 23.7 Å². The van der Waals surface area contributed by atoms with Gasteiger partial charge in [-0.05, 0) is 17.7 Å². The zero-order valence-corrected chi connectivity index (χ0v) is 13.3. The quantitative estimate of drug-likeness (QED) is 0.810. The van der Waals surface area contributed by atoms with Crippen LogP contribution in [-0.4, -0.2) is 40.6 Å². The number of urea groups is 1. The number of rotatable bonds is 3. The number of aryl methyl sites for hydroxylation is 1. The van der Waals surface area contributed by atoms with Crippen LogP contribution in [-0.2, 0) is 24.9 Å². The van der Waals surface area contributed by atoms with Crippen LogP contribution in [0.3, 0.4) is 0 Å². The van der Waals surface area contributed by atoms with E-state index >= 15 is 0 Å². The van der Waals surface area contributed by atoms with Gasteiger partial charge in [0.25, 0.3) is 0 Å². The molecule has 23 heavy (non-hydrogen) atoms. The van der Waals surface area contributed by atoms with Crippen LogP contribution < -0.4 is 4.90 Å². The number of anilines is 1. The lowest BCUT2D eigenvalue weighted by molar-refractivity contribution is 0.0600. The summed E-state index contributed by atoms with van der Waals surface area (Å²) in [5.41, 5.74) is 2.44. The second kappa shape index (κ2) is 5.75. The first-order chi connectivity index (χ1) is 11.0. The first-order valence-electron chi connectivity index (χ1n) is 7.21. The Morgan fingerprint density at radius 3 is 2.61 bits per heavy atom. The van der Waals surface area contributed by atoms with Crippen molar-refractivity contribution in [3.63, 3.8) is 0 Å². The van der Waals surface area contributed by atoms with Crippen molar-refractivity contribution in [3.05, 3.63) is 47.4 Å². The summed E-state index contributed by atoms with van der Waals surface area (Å²) in [6, 6.07) is 6.98. The van der Waals surface area contributed by atoms with E-state index in [-0.39, 0.29) is 12.0 Å². The number of hydrogen-bond donors (Lipinski definition) is 0. The molecule has 0 fully saturated rings. The number of amides is 2. The molecule has 3 rings (SSSR count). The van der Waals surface area contributed by atoms with Gasteiger partial charge < -0.3 is 14.2 Å². The zero-order valence-electron chi connectivity index (χ0n) is 13.3. The molecule has 0 saturated carbocycles. The van der Waals surface area contributed by atoms with Crippen molar-refractivity contribution in [2.75, 3.05) is 19.1 Å². The number of imidazole rings is 1. The Morgan fingerprint density at radius 1 is 1.26 bits per heavy atom. The molecule has 1 aromatic carbocycles. The molecular weight excluding hydrogens is 296 g/mol. The number of fused-ring (bicyclic) bond motifs is 1. The van der Waals surface area contributed by atoms with Crippen LogP contribution >= 0.6 is 0 Å². The number of methoxy groups -OCH3 is 1. The SMILES string of the molecule is COC(=O)c1ccc(CN2Cc3c(ncn3C)N(C)C2=O)cc1. The van der Waals surface area contributed by atoms with Gasteiger partial charge in [-0.1, -0.05) is 12.1 Å². The predicted octanol–water partition coefficient (Wildman–Crippen LogP) is 1.78. The maximum Gasteiger partial charge on any atom is 0.337 e. The van der Waals surface area contributed by atoms with E-state index in [1.54, 1.807) is 35.3 Å². The number of carbonyl (C=O) groups excluding carboxylic acids is 2. The Labute approximate surface area is 134 Å². The topological polar surface area (TPSA) is 67.7 Å². The average molecular weight is 314 g/mol. The maximum atomic E-state index is 12.5. The number of hydrogen-bond acceptors (Lipinski definition) is 4. The second-order valence-corrected chi connectivity index (χ2v) is 5.51. The lowest BCUT2D eigenvalue weighted by Crippen LogP contribution is -2.45. The number of benzene rings is 1. The summed E-state index contributed by atoms with van der Waals surface area (Å²) in [5, 5.41) is 0. The molecule has 0 unspecified atom stereocenters. The third-order valence-corrected chi connectivity index (χ3v) is 4.00. The summed E-state index contributed by atoms with van der Waals surface area (Å²) >= 11 is 0. The fourth-order valence-corrected chi connectivity index (χ4v) is 2.66. The molecule has 0 spiro atoms. The minimum atomic E-state index is -0.371. The molecule has 2 heterocycles. The molecule has 2 amide bonds. The van der Waals surface area contributed by atoms with Crippen LogP contribution in [0.5, 0.6) is 0 Å². The Morgan fingerprint density at radius 2 is 1.96 bits per heavy atom. The van der Waals surface area contributed by atoms with Crippen LogP contribution in [0.1, 0.15) is 21.6 Å². The highest BCUT2D eigenvalue weighted by Crippen LogP contribution is 2.26. The highest BCUT2D eigenvalue weighted by Gasteiger charge is 2.30. The van der Waals surface area contributed by atoms with Gasteiger partial charge in [0.1, 0.15) is 0 Å². The van der Waals surface area contributed by atoms with Gasteiger partial charge in [-0.2, -0.15) is 0 Å². The van der Waals surface area contributed by atoms with Crippen LogP contribution in [0.2, 0.25) is 0 Å². The lowest BCUT2D eigenvalue weighted by atomic mass is 10.1. The number of nitrogens with zero attached hydrogens (tertiary/aromatic N) is 4. The first-order valence-corrected chi connectivity index (χ1v) is 7.21. The molecule has 0 atom stereocenters. The molecule has 1 aliphatic heterocycles. The van der Waals surface area contributed by atoms with E-state index in [1.165, 1.54) is 7.11 Å². The van der Waals surface area contributed by atoms with Gasteiger partial charge in [-0.25, -0.2) is 14.6 Å². The number of ether oxygens (including phenoxy) is 1. The molecule has 0 saturated heterocycles. The molecule has 120 valence electrons. The number of aromatic nitrogens is 2. The van der Waals surface area contributed by atoms with Gasteiger partial charge >= 0.3 is 12.0 Å². The monoisotopic (exact) mass is 314 g/mol. The Balaban J connectivity index is 1.79. The molecule has 0 aliphatic carbocycles. The van der Waals surface area contributed by atoms with Crippen LogP contribution in [0.15, 0.2) is 30.6 Å². The third-order valence-electron chi connectivity index (χ3n) is 4.00. The van der Waals surface area contributed by atoms with Crippen molar-refractivity contribution in [2.24, 2.45) is 7.05 Å². The van der Waals surface area contributed by atoms with Crippen molar-refractivity contribution in [3.8, 4) is 0 Å². The third kappa shape index (κ3) is 2.65. The molecule has 0 radical (unpaired) electrons. The summed E-state index contributed by atoms with van der Waals surface area (Å²) in [6.07, 6.45) is 1.71. The van der Waals surface area contributed by atoms with Gasteiger partial charge in [-0.15, -0.1) is 0 Å². The summed E-state index contributed by atoms with van der Waals surface area (Å²) in [5.74, 6) is 0.333. The average Bonchev–Trinajstić information content (AvgIpc) is 2.93. The summed E-state index contributed by atoms with van der Waals surface area (Å²) in [7, 11) is 4.99. The van der Waals surface area contributed by atoms with E-state index in [2.05, 4.69) is 9.72 Å². The molecular formula is C16H18N4O3. The van der Waals surface area contributed by atoms with E-state index in [0.29, 0.717) is 24.5 Å². The normalized spacial score (nSPS) is 14.0. The molecule has 0 bridgehead atoms. The molecule has 0 N–H and O–H groups in total. The Hall–Kier alpha value is -2.83. The standard InChI is InChI=1S/C16H18N4O3/c1-18-10-17-14-13(18)9-20(16(22)19(14)2)8-11-4-6-12(7-5-11)15(21)23-3/h4-7,10H,8-9H2,1-3H3. The highest BCUT2D eigenvalue weighted by atomic mass is 16.5. The predicted molar refractivity (Wildman–Crippen MR) is 84.0 cm³/mol. The van der Waals surface area contributed by atoms with Gasteiger partial charge in [-0.3, -0.25) is 4.90 Å². The van der Waals surface area contributed by atoms with E-state index in [4.69, 9.17) is 0 Å². The van der Waals surface area contributed by atoms with Gasteiger partial charge in [0, 0.05) is 20.6 Å². The minimum Gasteiger partial charge on any atom is -0.465 e. The largest absolute Gasteiger partial charge is 0.465 e. The fraction of sp³-hybridized carbons (Fsp3) is 0.312. The number of esters is 1. The molecule has 7 nitrogen and oxygen atoms in total. The van der Waals surface area contributed by atoms with Crippen molar-refractivity contribution in [1.29, 1.82) is 0 Å². The van der Waals surface area contributed by atoms with Gasteiger partial charge in [0.15, 0.2) is 5.82 Å². The van der Waals surface area contributed by atoms with E-state index < -0.39 is 0 Å². The minimum absolute atomic E-state index is 0.0896. The summed E-state index contributed by atoms with van der Waals surface area (Å²) in [4.78, 5) is 31.5. The van der Waals surface area contributed by atoms with Gasteiger partial charge in [0.2, 0.25) is 0 Å². The van der Waals surface area contributed by atoms with Crippen molar-refractivity contribution in [2.45, 2.75) is 13.1 Å². The molecule has 7 heteroatoms. The zero-order chi connectivity index (χ0) is 16.6. The Kier molecular flexibility index (Phi) is 3.77. The fourth-order valence-electron chi connectivity index (χ4n) is 2.66. The second-order valence-electron chi connectivity index (χ2n) is 5.51. The number of carbonyl (C=O) groups is 2. The van der Waals surface area contributed by atoms with Crippen LogP contribution in [0.4, 0.5) is 10.6 Å². The summed E-state index contributed by atoms with van der Waals surface area (Å²) < 4.78 is 6.60. The lowest BCUT2D eigenvalue weighted by Gasteiger charge is -2.32. The molecule has 1 aromatic heterocycles. The molecule has 2 aromatic rings. The van der Waals surface area contributed by atoms with E-state index in [9.17, 15) is 9.59 Å². The first kappa shape index (κ1) is 15.1. The van der Waals surface area contributed by atoms with Crippen molar-refractivity contribution < 1.29 is 14.3 Å². The maximum absolute atomic E-state index is 12.5. The highest BCUT2D eigenvalue weighted by molar-refractivity contribution is 5.93. The van der Waals surface area contributed by atoms with Crippen molar-refractivity contribution in [1.82, 2.24) is 14.5 Å². The van der Waals surface area contributed by atoms with Gasteiger partial charge in [0.05, 0.1) is 31.2 Å².